The molecule has 3 fully saturated rings. The summed E-state index contributed by atoms with van der Waals surface area (Å²) in [5.74, 6) is -0.636. The second kappa shape index (κ2) is 13.7. The number of fused-ring (bicyclic) bond motifs is 3. The molecule has 4 aliphatic rings. The van der Waals surface area contributed by atoms with E-state index in [-0.39, 0.29) is 41.0 Å². The number of amides is 3. The molecule has 0 unspecified atom stereocenters. The lowest BCUT2D eigenvalue weighted by Crippen LogP contribution is -2.48. The van der Waals surface area contributed by atoms with Crippen LogP contribution in [0.3, 0.4) is 0 Å². The van der Waals surface area contributed by atoms with Crippen LogP contribution in [0.4, 0.5) is 11.4 Å². The van der Waals surface area contributed by atoms with Crippen LogP contribution in [0, 0.1) is 5.92 Å². The number of halogens is 1. The number of nitrogens with zero attached hydrogens (tertiary/aromatic N) is 6. The molecule has 3 aliphatic heterocycles. The van der Waals surface area contributed by atoms with Crippen LogP contribution in [0.5, 0.6) is 0 Å². The van der Waals surface area contributed by atoms with Crippen molar-refractivity contribution >= 4 is 40.7 Å². The summed E-state index contributed by atoms with van der Waals surface area (Å²) in [5.41, 5.74) is 18.3. The van der Waals surface area contributed by atoms with Gasteiger partial charge in [0.1, 0.15) is 17.2 Å². The Labute approximate surface area is 295 Å². The molecular weight excluding hydrogens is 658 g/mol. The molecule has 0 bridgehead atoms. The second-order valence-electron chi connectivity index (χ2n) is 13.4. The maximum Gasteiger partial charge on any atom is 0.272 e. The predicted molar refractivity (Wildman–Crippen MR) is 191 cm³/mol. The predicted octanol–water partition coefficient (Wildman–Crippen LogP) is 2.50. The van der Waals surface area contributed by atoms with Crippen LogP contribution < -0.4 is 32.3 Å². The first-order valence-electron chi connectivity index (χ1n) is 17.0. The number of likely N-dealkylation sites (N-methyl/N-ethyl adjacent to an activating group) is 1. The number of aromatic nitrogens is 3. The molecule has 14 nitrogen and oxygen atoms in total. The van der Waals surface area contributed by atoms with Crippen molar-refractivity contribution in [3.8, 4) is 11.1 Å². The molecule has 1 saturated carbocycles. The SMILES string of the molecule is CNC(=O)/C(N)=C(/C=C(\N)NC(=O)C1CC1)Nc1cc(Cl)cc2c1N(C)Cc1c-2cnn1C1CN(Cc2cccc(C(=O)N3CCCC3)n2)C1. The Kier molecular flexibility index (Phi) is 9.14. The fourth-order valence-electron chi connectivity index (χ4n) is 6.89. The summed E-state index contributed by atoms with van der Waals surface area (Å²) in [6.45, 7) is 4.44. The summed E-state index contributed by atoms with van der Waals surface area (Å²) in [6.07, 6.45) is 7.07. The van der Waals surface area contributed by atoms with E-state index in [4.69, 9.17) is 28.2 Å². The Morgan fingerprint density at radius 2 is 1.84 bits per heavy atom. The Balaban J connectivity index is 1.09. The number of hydrogen-bond acceptors (Lipinski definition) is 10. The van der Waals surface area contributed by atoms with Gasteiger partial charge in [0.25, 0.3) is 11.8 Å². The lowest BCUT2D eigenvalue weighted by atomic mass is 9.97. The molecular formula is C35H42ClN11O3. The molecule has 262 valence electrons. The fraction of sp³-hybridized carbons (Fsp3) is 0.400. The number of pyridine rings is 1. The molecule has 0 atom stereocenters. The van der Waals surface area contributed by atoms with Crippen LogP contribution in [0.1, 0.15) is 53.6 Å². The number of benzene rings is 1. The van der Waals surface area contributed by atoms with E-state index in [2.05, 4.69) is 35.4 Å². The highest BCUT2D eigenvalue weighted by Gasteiger charge is 2.35. The zero-order valence-corrected chi connectivity index (χ0v) is 29.0. The number of likely N-dealkylation sites (tertiary alicyclic amines) is 2. The van der Waals surface area contributed by atoms with E-state index in [0.717, 1.165) is 80.1 Å². The van der Waals surface area contributed by atoms with Crippen LogP contribution in [-0.2, 0) is 22.7 Å². The fourth-order valence-corrected chi connectivity index (χ4v) is 7.11. The Hall–Kier alpha value is -5.08. The van der Waals surface area contributed by atoms with Crippen molar-refractivity contribution in [3.63, 3.8) is 0 Å². The van der Waals surface area contributed by atoms with E-state index >= 15 is 0 Å². The number of nitrogens with one attached hydrogen (secondary N) is 3. The van der Waals surface area contributed by atoms with Gasteiger partial charge in [-0.2, -0.15) is 5.10 Å². The van der Waals surface area contributed by atoms with Gasteiger partial charge in [0.05, 0.1) is 47.2 Å². The first kappa shape index (κ1) is 33.4. The highest BCUT2D eigenvalue weighted by atomic mass is 35.5. The Morgan fingerprint density at radius 1 is 1.08 bits per heavy atom. The minimum absolute atomic E-state index is 0.0111. The molecule has 15 heteroatoms. The first-order chi connectivity index (χ1) is 24.1. The van der Waals surface area contributed by atoms with E-state index in [0.29, 0.717) is 29.5 Å². The van der Waals surface area contributed by atoms with Crippen molar-refractivity contribution < 1.29 is 14.4 Å². The number of nitrogens with two attached hydrogens (primary N) is 2. The summed E-state index contributed by atoms with van der Waals surface area (Å²) in [5, 5.41) is 13.8. The van der Waals surface area contributed by atoms with Crippen LogP contribution in [-0.4, -0.2) is 82.6 Å². The molecule has 5 heterocycles. The molecule has 1 aliphatic carbocycles. The van der Waals surface area contributed by atoms with Gasteiger partial charge in [0.2, 0.25) is 5.91 Å². The van der Waals surface area contributed by atoms with Crippen molar-refractivity contribution in [3.05, 3.63) is 81.9 Å². The van der Waals surface area contributed by atoms with Crippen molar-refractivity contribution in [2.24, 2.45) is 17.4 Å². The quantitative estimate of drug-likeness (QED) is 0.156. The van der Waals surface area contributed by atoms with E-state index in [9.17, 15) is 14.4 Å². The number of carbonyl (C=O) groups excluding carboxylic acids is 3. The molecule has 3 amide bonds. The average Bonchev–Trinajstić information content (AvgIpc) is 3.63. The Bertz CT molecular complexity index is 1900. The maximum absolute atomic E-state index is 12.9. The lowest BCUT2D eigenvalue weighted by molar-refractivity contribution is -0.121. The first-order valence-corrected chi connectivity index (χ1v) is 17.3. The van der Waals surface area contributed by atoms with E-state index in [1.54, 1.807) is 12.1 Å². The largest absolute Gasteiger partial charge is 0.393 e. The number of carbonyl (C=O) groups is 3. The van der Waals surface area contributed by atoms with Gasteiger partial charge < -0.3 is 37.2 Å². The zero-order chi connectivity index (χ0) is 35.1. The van der Waals surface area contributed by atoms with Crippen LogP contribution in [0.2, 0.25) is 5.02 Å². The van der Waals surface area contributed by atoms with Crippen LogP contribution in [0.15, 0.2) is 59.8 Å². The number of anilines is 2. The molecule has 7 N–H and O–H groups in total. The third kappa shape index (κ3) is 6.72. The number of rotatable bonds is 10. The minimum atomic E-state index is -0.508. The summed E-state index contributed by atoms with van der Waals surface area (Å²) < 4.78 is 2.10. The lowest BCUT2D eigenvalue weighted by Gasteiger charge is -2.40. The normalized spacial score (nSPS) is 18.2. The molecule has 50 heavy (non-hydrogen) atoms. The van der Waals surface area contributed by atoms with Crippen molar-refractivity contribution in [1.29, 1.82) is 0 Å². The molecule has 1 aromatic carbocycles. The van der Waals surface area contributed by atoms with Gasteiger partial charge in [0, 0.05) is 75.0 Å². The minimum Gasteiger partial charge on any atom is -0.393 e. The van der Waals surface area contributed by atoms with Gasteiger partial charge in [-0.3, -0.25) is 24.0 Å². The monoisotopic (exact) mass is 699 g/mol. The second-order valence-corrected chi connectivity index (χ2v) is 13.8. The molecule has 7 rings (SSSR count). The van der Waals surface area contributed by atoms with Crippen LogP contribution in [0.25, 0.3) is 11.1 Å². The standard InChI is InChI=1S/C35H42ClN11O3/c1-39-34(49)31(38)27(14-30(37)43-33(48)20-8-9-20)42-28-13-21(36)12-24-25-15-40-47(29(25)19-44(2)32(24)28)23-17-45(18-23)16-22-6-5-7-26(41-22)35(50)46-10-3-4-11-46/h5-7,12-15,20,23,42H,3-4,8-11,16-19,37-38H2,1-2H3,(H,39,49)(H,43,48)/b30-14+,31-27+. The maximum atomic E-state index is 12.9. The zero-order valence-electron chi connectivity index (χ0n) is 28.2. The van der Waals surface area contributed by atoms with Crippen molar-refractivity contribution in [1.82, 2.24) is 35.2 Å². The highest BCUT2D eigenvalue weighted by Crippen LogP contribution is 2.46. The summed E-state index contributed by atoms with van der Waals surface area (Å²) in [6, 6.07) is 9.54. The molecule has 0 spiro atoms. The van der Waals surface area contributed by atoms with E-state index in [1.807, 2.05) is 36.3 Å². The van der Waals surface area contributed by atoms with E-state index in [1.165, 1.54) is 13.1 Å². The smallest absolute Gasteiger partial charge is 0.272 e. The molecule has 2 aromatic heterocycles. The molecule has 2 saturated heterocycles. The van der Waals surface area contributed by atoms with Gasteiger partial charge in [-0.05, 0) is 49.9 Å². The topological polar surface area (TPSA) is 180 Å². The summed E-state index contributed by atoms with van der Waals surface area (Å²) in [4.78, 5) is 48.8. The summed E-state index contributed by atoms with van der Waals surface area (Å²) >= 11 is 6.69. The van der Waals surface area contributed by atoms with Crippen LogP contribution >= 0.6 is 11.6 Å². The molecule has 3 aromatic rings. The number of hydrogen-bond donors (Lipinski definition) is 5. The van der Waals surface area contributed by atoms with Gasteiger partial charge in [-0.15, -0.1) is 0 Å². The van der Waals surface area contributed by atoms with Gasteiger partial charge in [0.15, 0.2) is 0 Å². The number of allylic oxidation sites excluding steroid dienone is 1. The third-order valence-electron chi connectivity index (χ3n) is 9.67. The molecule has 0 radical (unpaired) electrons. The average molecular weight is 700 g/mol. The highest BCUT2D eigenvalue weighted by molar-refractivity contribution is 6.31. The van der Waals surface area contributed by atoms with Gasteiger partial charge >= 0.3 is 0 Å². The Morgan fingerprint density at radius 3 is 2.56 bits per heavy atom. The van der Waals surface area contributed by atoms with Crippen molar-refractivity contribution in [2.45, 2.75) is 44.8 Å². The van der Waals surface area contributed by atoms with Gasteiger partial charge in [-0.1, -0.05) is 17.7 Å². The third-order valence-corrected chi connectivity index (χ3v) is 9.89. The van der Waals surface area contributed by atoms with Crippen molar-refractivity contribution in [2.75, 3.05) is 50.5 Å². The summed E-state index contributed by atoms with van der Waals surface area (Å²) in [7, 11) is 3.47. The van der Waals surface area contributed by atoms with E-state index < -0.39 is 5.91 Å². The van der Waals surface area contributed by atoms with Gasteiger partial charge in [-0.25, -0.2) is 4.98 Å².